The lowest BCUT2D eigenvalue weighted by Gasteiger charge is -2.09. The summed E-state index contributed by atoms with van der Waals surface area (Å²) in [5.74, 6) is -1.38. The summed E-state index contributed by atoms with van der Waals surface area (Å²) < 4.78 is 4.63. The zero-order chi connectivity index (χ0) is 14.7. The molecule has 0 atom stereocenters. The van der Waals surface area contributed by atoms with E-state index in [0.29, 0.717) is 16.7 Å². The standard InChI is InChI=1S/C16H14O4/c1-10-4-3-5-13(14(10)15(17)18)11-6-8-12(9-7-11)16(19)20-2/h3-9H,1-2H3,(H,17,18). The van der Waals surface area contributed by atoms with Crippen LogP contribution in [0.15, 0.2) is 42.5 Å². The van der Waals surface area contributed by atoms with Crippen LogP contribution in [-0.2, 0) is 4.74 Å². The summed E-state index contributed by atoms with van der Waals surface area (Å²) in [6.07, 6.45) is 0. The molecule has 0 aliphatic rings. The molecule has 2 rings (SSSR count). The Labute approximate surface area is 116 Å². The van der Waals surface area contributed by atoms with Crippen LogP contribution in [0, 0.1) is 6.92 Å². The second kappa shape index (κ2) is 5.57. The first kappa shape index (κ1) is 13.8. The molecule has 2 aromatic carbocycles. The normalized spacial score (nSPS) is 10.1. The zero-order valence-corrected chi connectivity index (χ0v) is 11.2. The van der Waals surface area contributed by atoms with E-state index in [2.05, 4.69) is 4.74 Å². The number of rotatable bonds is 3. The molecule has 1 N–H and O–H groups in total. The van der Waals surface area contributed by atoms with Crippen molar-refractivity contribution in [2.24, 2.45) is 0 Å². The second-order valence-corrected chi connectivity index (χ2v) is 4.37. The highest BCUT2D eigenvalue weighted by Crippen LogP contribution is 2.26. The Morgan fingerprint density at radius 2 is 1.70 bits per heavy atom. The fourth-order valence-corrected chi connectivity index (χ4v) is 2.10. The van der Waals surface area contributed by atoms with Gasteiger partial charge in [-0.25, -0.2) is 9.59 Å². The minimum absolute atomic E-state index is 0.276. The molecule has 4 heteroatoms. The Kier molecular flexibility index (Phi) is 3.84. The van der Waals surface area contributed by atoms with Crippen molar-refractivity contribution >= 4 is 11.9 Å². The van der Waals surface area contributed by atoms with Crippen LogP contribution >= 0.6 is 0 Å². The van der Waals surface area contributed by atoms with Crippen molar-refractivity contribution in [2.75, 3.05) is 7.11 Å². The monoisotopic (exact) mass is 270 g/mol. The van der Waals surface area contributed by atoms with Gasteiger partial charge in [-0.1, -0.05) is 30.3 Å². The summed E-state index contributed by atoms with van der Waals surface area (Å²) in [5.41, 5.74) is 2.79. The van der Waals surface area contributed by atoms with Crippen LogP contribution in [-0.4, -0.2) is 24.2 Å². The van der Waals surface area contributed by atoms with E-state index in [1.807, 2.05) is 6.07 Å². The van der Waals surface area contributed by atoms with Crippen molar-refractivity contribution in [2.45, 2.75) is 6.92 Å². The third kappa shape index (κ3) is 2.54. The summed E-state index contributed by atoms with van der Waals surface area (Å²) in [4.78, 5) is 22.7. The smallest absolute Gasteiger partial charge is 0.337 e. The summed E-state index contributed by atoms with van der Waals surface area (Å²) in [7, 11) is 1.32. The molecule has 0 saturated carbocycles. The maximum atomic E-state index is 11.4. The van der Waals surface area contributed by atoms with Gasteiger partial charge in [-0.15, -0.1) is 0 Å². The first-order chi connectivity index (χ1) is 9.54. The Hall–Kier alpha value is -2.62. The Morgan fingerprint density at radius 1 is 1.05 bits per heavy atom. The minimum Gasteiger partial charge on any atom is -0.478 e. The predicted molar refractivity (Wildman–Crippen MR) is 74.9 cm³/mol. The molecule has 2 aromatic rings. The van der Waals surface area contributed by atoms with Crippen molar-refractivity contribution in [1.82, 2.24) is 0 Å². The number of carboxylic acids is 1. The van der Waals surface area contributed by atoms with E-state index in [0.717, 1.165) is 5.56 Å². The van der Waals surface area contributed by atoms with Crippen molar-refractivity contribution in [3.63, 3.8) is 0 Å². The molecule has 0 aliphatic carbocycles. The van der Waals surface area contributed by atoms with Gasteiger partial charge in [0.2, 0.25) is 0 Å². The molecule has 0 fully saturated rings. The van der Waals surface area contributed by atoms with Crippen LogP contribution < -0.4 is 0 Å². The predicted octanol–water partition coefficient (Wildman–Crippen LogP) is 3.15. The van der Waals surface area contributed by atoms with Crippen LogP contribution in [0.1, 0.15) is 26.3 Å². The van der Waals surface area contributed by atoms with Crippen LogP contribution in [0.5, 0.6) is 0 Å². The number of benzene rings is 2. The number of aryl methyl sites for hydroxylation is 1. The van der Waals surface area contributed by atoms with E-state index >= 15 is 0 Å². The highest BCUT2D eigenvalue weighted by Gasteiger charge is 2.14. The molecule has 0 radical (unpaired) electrons. The molecule has 20 heavy (non-hydrogen) atoms. The Balaban J connectivity index is 2.50. The minimum atomic E-state index is -0.963. The van der Waals surface area contributed by atoms with Crippen LogP contribution in [0.2, 0.25) is 0 Å². The first-order valence-electron chi connectivity index (χ1n) is 6.06. The number of esters is 1. The third-order valence-corrected chi connectivity index (χ3v) is 3.10. The van der Waals surface area contributed by atoms with E-state index in [1.54, 1.807) is 43.3 Å². The SMILES string of the molecule is COC(=O)c1ccc(-c2cccc(C)c2C(=O)O)cc1. The first-order valence-corrected chi connectivity index (χ1v) is 6.06. The molecule has 102 valence electrons. The van der Waals surface area contributed by atoms with Gasteiger partial charge in [0, 0.05) is 0 Å². The lowest BCUT2D eigenvalue weighted by molar-refractivity contribution is 0.0599. The fraction of sp³-hybridized carbons (Fsp3) is 0.125. The third-order valence-electron chi connectivity index (χ3n) is 3.10. The van der Waals surface area contributed by atoms with Gasteiger partial charge in [0.25, 0.3) is 0 Å². The van der Waals surface area contributed by atoms with Crippen molar-refractivity contribution in [3.05, 3.63) is 59.2 Å². The van der Waals surface area contributed by atoms with Crippen LogP contribution in [0.25, 0.3) is 11.1 Å². The lowest BCUT2D eigenvalue weighted by atomic mass is 9.95. The van der Waals surface area contributed by atoms with Crippen molar-refractivity contribution < 1.29 is 19.4 Å². The molecular formula is C16H14O4. The van der Waals surface area contributed by atoms with E-state index < -0.39 is 11.9 Å². The maximum absolute atomic E-state index is 11.4. The summed E-state index contributed by atoms with van der Waals surface area (Å²) in [6, 6.07) is 12.0. The Bertz CT molecular complexity index is 657. The quantitative estimate of drug-likeness (QED) is 0.870. The number of hydrogen-bond acceptors (Lipinski definition) is 3. The van der Waals surface area contributed by atoms with E-state index in [4.69, 9.17) is 0 Å². The molecule has 0 amide bonds. The van der Waals surface area contributed by atoms with Gasteiger partial charge < -0.3 is 9.84 Å². The summed E-state index contributed by atoms with van der Waals surface area (Å²) >= 11 is 0. The number of aromatic carboxylic acids is 1. The average molecular weight is 270 g/mol. The van der Waals surface area contributed by atoms with Crippen molar-refractivity contribution in [1.29, 1.82) is 0 Å². The van der Waals surface area contributed by atoms with Gasteiger partial charge in [-0.3, -0.25) is 0 Å². The summed E-state index contributed by atoms with van der Waals surface area (Å²) in [6.45, 7) is 1.76. The van der Waals surface area contributed by atoms with E-state index in [9.17, 15) is 14.7 Å². The molecule has 0 bridgehead atoms. The summed E-state index contributed by atoms with van der Waals surface area (Å²) in [5, 5.41) is 9.31. The lowest BCUT2D eigenvalue weighted by Crippen LogP contribution is -2.03. The number of ether oxygens (including phenoxy) is 1. The molecule has 0 unspecified atom stereocenters. The van der Waals surface area contributed by atoms with Crippen molar-refractivity contribution in [3.8, 4) is 11.1 Å². The maximum Gasteiger partial charge on any atom is 0.337 e. The number of carbonyl (C=O) groups excluding carboxylic acids is 1. The molecule has 0 spiro atoms. The van der Waals surface area contributed by atoms with Gasteiger partial charge in [-0.2, -0.15) is 0 Å². The second-order valence-electron chi connectivity index (χ2n) is 4.37. The zero-order valence-electron chi connectivity index (χ0n) is 11.2. The number of carbonyl (C=O) groups is 2. The molecule has 0 aromatic heterocycles. The highest BCUT2D eigenvalue weighted by atomic mass is 16.5. The van der Waals surface area contributed by atoms with Crippen LogP contribution in [0.3, 0.4) is 0 Å². The van der Waals surface area contributed by atoms with Gasteiger partial charge in [0.1, 0.15) is 0 Å². The Morgan fingerprint density at radius 3 is 2.25 bits per heavy atom. The number of hydrogen-bond donors (Lipinski definition) is 1. The van der Waals surface area contributed by atoms with Crippen LogP contribution in [0.4, 0.5) is 0 Å². The molecule has 0 saturated heterocycles. The molecule has 4 nitrogen and oxygen atoms in total. The van der Waals surface area contributed by atoms with E-state index in [-0.39, 0.29) is 5.56 Å². The fourth-order valence-electron chi connectivity index (χ4n) is 2.10. The van der Waals surface area contributed by atoms with Gasteiger partial charge in [-0.05, 0) is 35.7 Å². The molecular weight excluding hydrogens is 256 g/mol. The molecule has 0 heterocycles. The number of carboxylic acid groups (broad SMARTS) is 1. The molecule has 0 aliphatic heterocycles. The largest absolute Gasteiger partial charge is 0.478 e. The van der Waals surface area contributed by atoms with Gasteiger partial charge in [0.15, 0.2) is 0 Å². The number of methoxy groups -OCH3 is 1. The topological polar surface area (TPSA) is 63.6 Å². The van der Waals surface area contributed by atoms with Gasteiger partial charge >= 0.3 is 11.9 Å². The van der Waals surface area contributed by atoms with E-state index in [1.165, 1.54) is 7.11 Å². The highest BCUT2D eigenvalue weighted by molar-refractivity contribution is 5.98. The average Bonchev–Trinajstić information content (AvgIpc) is 2.46. The van der Waals surface area contributed by atoms with Gasteiger partial charge in [0.05, 0.1) is 18.2 Å².